The summed E-state index contributed by atoms with van der Waals surface area (Å²) >= 11 is 0.868. The Hall–Kier alpha value is -3.29. The molecule has 1 aromatic carbocycles. The summed E-state index contributed by atoms with van der Waals surface area (Å²) in [6.07, 6.45) is 1.25. The van der Waals surface area contributed by atoms with Crippen molar-refractivity contribution in [1.29, 1.82) is 0 Å². The van der Waals surface area contributed by atoms with Gasteiger partial charge in [-0.1, -0.05) is 0 Å². The zero-order valence-corrected chi connectivity index (χ0v) is 20.4. The molecular formula is C23H25F3N6O3S. The molecule has 1 saturated heterocycles. The van der Waals surface area contributed by atoms with Gasteiger partial charge in [-0.25, -0.2) is 18.2 Å². The number of amides is 2. The SMILES string of the molecule is CN(C)C(=O)c1ccc(F)c(-c2nc(C(=O)Nc3cn[nH]c3C[C@@H]3CC[C@@H](N)[C@H](F)CO3)cs2)c1F. The number of nitrogens with one attached hydrogen (secondary N) is 2. The van der Waals surface area contributed by atoms with Crippen LogP contribution >= 0.6 is 11.3 Å². The van der Waals surface area contributed by atoms with Crippen LogP contribution in [0.2, 0.25) is 0 Å². The highest BCUT2D eigenvalue weighted by molar-refractivity contribution is 7.13. The first-order chi connectivity index (χ1) is 17.2. The summed E-state index contributed by atoms with van der Waals surface area (Å²) in [5.41, 5.74) is 5.86. The molecule has 0 spiro atoms. The molecule has 0 bridgehead atoms. The number of anilines is 1. The minimum atomic E-state index is -1.23. The van der Waals surface area contributed by atoms with E-state index in [4.69, 9.17) is 10.5 Å². The van der Waals surface area contributed by atoms with Crippen molar-refractivity contribution in [2.45, 2.75) is 37.6 Å². The van der Waals surface area contributed by atoms with E-state index in [2.05, 4.69) is 20.5 Å². The summed E-state index contributed by atoms with van der Waals surface area (Å²) in [5.74, 6) is -3.20. The monoisotopic (exact) mass is 522 g/mol. The molecule has 1 aliphatic rings. The van der Waals surface area contributed by atoms with Gasteiger partial charge in [0.15, 0.2) is 0 Å². The van der Waals surface area contributed by atoms with Crippen LogP contribution in [0, 0.1) is 11.6 Å². The molecule has 3 aromatic rings. The maximum Gasteiger partial charge on any atom is 0.275 e. The first-order valence-electron chi connectivity index (χ1n) is 11.2. The van der Waals surface area contributed by atoms with E-state index in [0.717, 1.165) is 23.5 Å². The van der Waals surface area contributed by atoms with Gasteiger partial charge in [-0.05, 0) is 25.0 Å². The number of nitrogens with zero attached hydrogens (tertiary/aromatic N) is 3. The number of benzene rings is 1. The normalized spacial score (nSPS) is 20.1. The van der Waals surface area contributed by atoms with Gasteiger partial charge < -0.3 is 20.7 Å². The number of aromatic amines is 1. The van der Waals surface area contributed by atoms with Gasteiger partial charge >= 0.3 is 0 Å². The van der Waals surface area contributed by atoms with Crippen molar-refractivity contribution in [3.05, 3.63) is 52.3 Å². The first kappa shape index (κ1) is 25.8. The van der Waals surface area contributed by atoms with E-state index in [1.54, 1.807) is 0 Å². The van der Waals surface area contributed by atoms with Gasteiger partial charge in [0.1, 0.15) is 28.5 Å². The molecule has 13 heteroatoms. The third-order valence-corrected chi connectivity index (χ3v) is 6.71. The van der Waals surface area contributed by atoms with E-state index < -0.39 is 41.2 Å². The molecule has 2 amide bonds. The van der Waals surface area contributed by atoms with Gasteiger partial charge in [0.2, 0.25) is 0 Å². The lowest BCUT2D eigenvalue weighted by molar-refractivity contribution is 0.0295. The zero-order valence-electron chi connectivity index (χ0n) is 19.6. The standard InChI is InChI=1S/C23H25F3N6O3S/c1-32(2)23(34)12-4-5-13(24)19(20(12)26)22-30-18(10-36-22)21(33)29-17-8-28-31-16(17)7-11-3-6-15(27)14(25)9-35-11/h4-5,8,10-11,14-15H,3,6-7,9,27H2,1-2H3,(H,28,31)(H,29,33)/t11-,14+,15+/m0/s1. The summed E-state index contributed by atoms with van der Waals surface area (Å²) < 4.78 is 48.9. The van der Waals surface area contributed by atoms with Crippen LogP contribution in [0.4, 0.5) is 18.9 Å². The second-order valence-corrected chi connectivity index (χ2v) is 9.51. The molecule has 4 rings (SSSR count). The van der Waals surface area contributed by atoms with Crippen molar-refractivity contribution in [2.75, 3.05) is 26.0 Å². The fourth-order valence-electron chi connectivity index (χ4n) is 3.79. The predicted octanol–water partition coefficient (Wildman–Crippen LogP) is 3.15. The minimum Gasteiger partial charge on any atom is -0.375 e. The maximum absolute atomic E-state index is 15.0. The Labute approximate surface area is 208 Å². The molecule has 192 valence electrons. The highest BCUT2D eigenvalue weighted by atomic mass is 32.1. The third-order valence-electron chi connectivity index (χ3n) is 5.85. The molecule has 1 fully saturated rings. The molecule has 1 aliphatic heterocycles. The number of hydrogen-bond acceptors (Lipinski definition) is 7. The smallest absolute Gasteiger partial charge is 0.275 e. The Balaban J connectivity index is 1.49. The Kier molecular flexibility index (Phi) is 7.71. The highest BCUT2D eigenvalue weighted by Gasteiger charge is 2.27. The van der Waals surface area contributed by atoms with Crippen LogP contribution in [0.3, 0.4) is 0 Å². The lowest BCUT2D eigenvalue weighted by Crippen LogP contribution is -2.32. The van der Waals surface area contributed by atoms with E-state index in [-0.39, 0.29) is 29.0 Å². The number of alkyl halides is 1. The topological polar surface area (TPSA) is 126 Å². The lowest BCUT2D eigenvalue weighted by atomic mass is 10.0. The highest BCUT2D eigenvalue weighted by Crippen LogP contribution is 2.31. The lowest BCUT2D eigenvalue weighted by Gasteiger charge is -2.15. The van der Waals surface area contributed by atoms with Crippen LogP contribution in [0.5, 0.6) is 0 Å². The average molecular weight is 523 g/mol. The molecule has 2 aromatic heterocycles. The first-order valence-corrected chi connectivity index (χ1v) is 12.0. The molecule has 0 saturated carbocycles. The molecule has 3 atom stereocenters. The van der Waals surface area contributed by atoms with Gasteiger partial charge in [0.05, 0.1) is 41.4 Å². The van der Waals surface area contributed by atoms with Crippen LogP contribution in [-0.4, -0.2) is 70.9 Å². The summed E-state index contributed by atoms with van der Waals surface area (Å²) in [5, 5.41) is 10.7. The number of aromatic nitrogens is 3. The summed E-state index contributed by atoms with van der Waals surface area (Å²) in [6.45, 7) is -0.0995. The Morgan fingerprint density at radius 3 is 2.83 bits per heavy atom. The number of hydrogen-bond donors (Lipinski definition) is 3. The number of thiazole rings is 1. The molecule has 3 heterocycles. The summed E-state index contributed by atoms with van der Waals surface area (Å²) in [4.78, 5) is 30.3. The minimum absolute atomic E-state index is 0.0674. The van der Waals surface area contributed by atoms with Crippen molar-refractivity contribution in [1.82, 2.24) is 20.1 Å². The summed E-state index contributed by atoms with van der Waals surface area (Å²) in [7, 11) is 2.91. The number of ether oxygens (including phenoxy) is 1. The molecule has 0 aliphatic carbocycles. The van der Waals surface area contributed by atoms with Crippen LogP contribution in [0.1, 0.15) is 39.4 Å². The van der Waals surface area contributed by atoms with E-state index in [9.17, 15) is 18.4 Å². The Morgan fingerprint density at radius 2 is 2.08 bits per heavy atom. The van der Waals surface area contributed by atoms with Crippen molar-refractivity contribution in [2.24, 2.45) is 5.73 Å². The molecule has 4 N–H and O–H groups in total. The second-order valence-electron chi connectivity index (χ2n) is 8.65. The van der Waals surface area contributed by atoms with Crippen molar-refractivity contribution in [3.63, 3.8) is 0 Å². The third kappa shape index (κ3) is 5.42. The number of carbonyl (C=O) groups is 2. The summed E-state index contributed by atoms with van der Waals surface area (Å²) in [6, 6.07) is 1.48. The van der Waals surface area contributed by atoms with E-state index in [1.165, 1.54) is 30.6 Å². The Morgan fingerprint density at radius 1 is 1.31 bits per heavy atom. The zero-order chi connectivity index (χ0) is 26.0. The predicted molar refractivity (Wildman–Crippen MR) is 128 cm³/mol. The fraction of sp³-hybridized carbons (Fsp3) is 0.391. The van der Waals surface area contributed by atoms with Crippen LogP contribution in [0.25, 0.3) is 10.6 Å². The fourth-order valence-corrected chi connectivity index (χ4v) is 4.63. The van der Waals surface area contributed by atoms with Crippen molar-refractivity contribution in [3.8, 4) is 10.6 Å². The Bertz CT molecular complexity index is 1250. The van der Waals surface area contributed by atoms with E-state index in [0.29, 0.717) is 30.6 Å². The molecule has 9 nitrogen and oxygen atoms in total. The number of nitrogens with two attached hydrogens (primary N) is 1. The molecule has 36 heavy (non-hydrogen) atoms. The van der Waals surface area contributed by atoms with Crippen molar-refractivity contribution >= 4 is 28.8 Å². The number of halogens is 3. The van der Waals surface area contributed by atoms with Crippen LogP contribution in [-0.2, 0) is 11.2 Å². The van der Waals surface area contributed by atoms with Gasteiger partial charge in [0.25, 0.3) is 11.8 Å². The number of carbonyl (C=O) groups excluding carboxylic acids is 2. The number of H-pyrrole nitrogens is 1. The molecular weight excluding hydrogens is 497 g/mol. The molecule has 0 radical (unpaired) electrons. The van der Waals surface area contributed by atoms with Gasteiger partial charge in [-0.15, -0.1) is 11.3 Å². The van der Waals surface area contributed by atoms with E-state index in [1.807, 2.05) is 0 Å². The van der Waals surface area contributed by atoms with Gasteiger partial charge in [0, 0.05) is 31.9 Å². The second kappa shape index (κ2) is 10.8. The molecule has 0 unspecified atom stereocenters. The van der Waals surface area contributed by atoms with Crippen molar-refractivity contribution < 1.29 is 27.5 Å². The van der Waals surface area contributed by atoms with Crippen LogP contribution in [0.15, 0.2) is 23.7 Å². The number of rotatable bonds is 6. The van der Waals surface area contributed by atoms with Gasteiger partial charge in [-0.3, -0.25) is 14.7 Å². The van der Waals surface area contributed by atoms with E-state index >= 15 is 4.39 Å². The van der Waals surface area contributed by atoms with Crippen LogP contribution < -0.4 is 11.1 Å². The quantitative estimate of drug-likeness (QED) is 0.457. The van der Waals surface area contributed by atoms with Gasteiger partial charge in [-0.2, -0.15) is 5.10 Å². The largest absolute Gasteiger partial charge is 0.375 e. The maximum atomic E-state index is 15.0. The average Bonchev–Trinajstić information content (AvgIpc) is 3.46.